The molecule has 0 fully saturated rings. The molecule has 0 atom stereocenters. The Morgan fingerprint density at radius 2 is 1.81 bits per heavy atom. The fraction of sp³-hybridized carbons (Fsp3) is 0.500. The maximum atomic E-state index is 12.4. The summed E-state index contributed by atoms with van der Waals surface area (Å²) >= 11 is 0. The molecule has 21 heavy (non-hydrogen) atoms. The molecule has 1 aromatic carbocycles. The largest absolute Gasteiger partial charge is 0.399 e. The predicted octanol–water partition coefficient (Wildman–Crippen LogP) is 1.07. The number of aryl methyl sites for hydroxylation is 1. The second kappa shape index (κ2) is 6.91. The lowest BCUT2D eigenvalue weighted by Gasteiger charge is -2.23. The van der Waals surface area contributed by atoms with E-state index in [1.807, 2.05) is 13.8 Å². The third kappa shape index (κ3) is 3.95. The highest BCUT2D eigenvalue weighted by Gasteiger charge is 2.24. The Kier molecular flexibility index (Phi) is 5.74. The monoisotopic (exact) mass is 313 g/mol. The van der Waals surface area contributed by atoms with Crippen molar-refractivity contribution in [2.24, 2.45) is 0 Å². The second-order valence-corrected chi connectivity index (χ2v) is 6.89. The number of hydrogen-bond donors (Lipinski definition) is 1. The normalized spacial score (nSPS) is 11.7. The predicted molar refractivity (Wildman–Crippen MR) is 83.3 cm³/mol. The third-order valence-corrected chi connectivity index (χ3v) is 5.22. The summed E-state index contributed by atoms with van der Waals surface area (Å²) in [6.45, 7) is 6.41. The number of amides is 1. The average Bonchev–Trinajstić information content (AvgIpc) is 2.42. The molecule has 1 rings (SSSR count). The van der Waals surface area contributed by atoms with Gasteiger partial charge in [-0.25, -0.2) is 8.42 Å². The van der Waals surface area contributed by atoms with Crippen LogP contribution >= 0.6 is 0 Å². The smallest absolute Gasteiger partial charge is 0.243 e. The van der Waals surface area contributed by atoms with E-state index in [0.29, 0.717) is 24.3 Å². The van der Waals surface area contributed by atoms with Crippen LogP contribution in [0, 0.1) is 6.92 Å². The number of benzene rings is 1. The van der Waals surface area contributed by atoms with Crippen molar-refractivity contribution in [2.45, 2.75) is 25.7 Å². The molecule has 0 unspecified atom stereocenters. The van der Waals surface area contributed by atoms with Crippen molar-refractivity contribution in [1.82, 2.24) is 9.21 Å². The molecule has 1 aromatic rings. The maximum absolute atomic E-state index is 12.4. The Labute approximate surface area is 126 Å². The first kappa shape index (κ1) is 17.5. The van der Waals surface area contributed by atoms with Crippen LogP contribution in [-0.2, 0) is 14.8 Å². The van der Waals surface area contributed by atoms with Gasteiger partial charge in [0.15, 0.2) is 0 Å². The van der Waals surface area contributed by atoms with Crippen LogP contribution < -0.4 is 5.73 Å². The summed E-state index contributed by atoms with van der Waals surface area (Å²) in [6, 6.07) is 4.53. The number of nitrogens with two attached hydrogens (primary N) is 1. The second-order valence-electron chi connectivity index (χ2n) is 4.85. The quantitative estimate of drug-likeness (QED) is 0.796. The Hall–Kier alpha value is -1.60. The molecule has 2 N–H and O–H groups in total. The highest BCUT2D eigenvalue weighted by Crippen LogP contribution is 2.19. The fourth-order valence-corrected chi connectivity index (χ4v) is 3.15. The van der Waals surface area contributed by atoms with Gasteiger partial charge in [-0.05, 0) is 44.5 Å². The molecular weight excluding hydrogens is 290 g/mol. The molecule has 0 bridgehead atoms. The molecule has 6 nitrogen and oxygen atoms in total. The summed E-state index contributed by atoms with van der Waals surface area (Å²) in [7, 11) is -2.29. The van der Waals surface area contributed by atoms with E-state index in [0.717, 1.165) is 4.31 Å². The standard InChI is InChI=1S/C14H23N3O3S/c1-5-17(6-2)14(18)10-16(4)21(19,20)12-7-8-13(15)11(3)9-12/h7-9H,5-6,10,15H2,1-4H3. The van der Waals surface area contributed by atoms with E-state index in [1.165, 1.54) is 19.2 Å². The Balaban J connectivity index is 2.96. The number of carbonyl (C=O) groups excluding carboxylic acids is 1. The molecule has 7 heteroatoms. The van der Waals surface area contributed by atoms with Gasteiger partial charge in [-0.15, -0.1) is 0 Å². The lowest BCUT2D eigenvalue weighted by Crippen LogP contribution is -2.41. The SMILES string of the molecule is CCN(CC)C(=O)CN(C)S(=O)(=O)c1ccc(N)c(C)c1. The first-order chi connectivity index (χ1) is 9.73. The molecule has 0 spiro atoms. The molecule has 0 saturated carbocycles. The van der Waals surface area contributed by atoms with Gasteiger partial charge in [-0.1, -0.05) is 0 Å². The molecule has 1 amide bonds. The van der Waals surface area contributed by atoms with Crippen molar-refractivity contribution in [3.8, 4) is 0 Å². The Morgan fingerprint density at radius 3 is 2.29 bits per heavy atom. The Morgan fingerprint density at radius 1 is 1.24 bits per heavy atom. The maximum Gasteiger partial charge on any atom is 0.243 e. The van der Waals surface area contributed by atoms with E-state index in [2.05, 4.69) is 0 Å². The minimum Gasteiger partial charge on any atom is -0.399 e. The van der Waals surface area contributed by atoms with E-state index < -0.39 is 10.0 Å². The van der Waals surface area contributed by atoms with Crippen LogP contribution in [0.25, 0.3) is 0 Å². The number of nitrogens with zero attached hydrogens (tertiary/aromatic N) is 2. The number of carbonyl (C=O) groups is 1. The summed E-state index contributed by atoms with van der Waals surface area (Å²) < 4.78 is 26.0. The minimum absolute atomic E-state index is 0.143. The minimum atomic E-state index is -3.69. The van der Waals surface area contributed by atoms with Gasteiger partial charge in [0.25, 0.3) is 0 Å². The molecule has 0 aromatic heterocycles. The average molecular weight is 313 g/mol. The van der Waals surface area contributed by atoms with Gasteiger partial charge >= 0.3 is 0 Å². The van der Waals surface area contributed by atoms with E-state index >= 15 is 0 Å². The molecule has 0 radical (unpaired) electrons. The van der Waals surface area contributed by atoms with Crippen LogP contribution in [0.2, 0.25) is 0 Å². The summed E-state index contributed by atoms with van der Waals surface area (Å²) in [5.74, 6) is -0.210. The summed E-state index contributed by atoms with van der Waals surface area (Å²) in [5, 5.41) is 0. The van der Waals surface area contributed by atoms with Gasteiger partial charge < -0.3 is 10.6 Å². The highest BCUT2D eigenvalue weighted by molar-refractivity contribution is 7.89. The molecule has 0 aliphatic carbocycles. The van der Waals surface area contributed by atoms with Crippen molar-refractivity contribution in [3.05, 3.63) is 23.8 Å². The van der Waals surface area contributed by atoms with Crippen molar-refractivity contribution in [2.75, 3.05) is 32.4 Å². The number of hydrogen-bond acceptors (Lipinski definition) is 4. The number of rotatable bonds is 6. The van der Waals surface area contributed by atoms with Gasteiger partial charge in [0.2, 0.25) is 15.9 Å². The van der Waals surface area contributed by atoms with Gasteiger partial charge in [0.1, 0.15) is 0 Å². The van der Waals surface area contributed by atoms with Crippen LogP contribution in [-0.4, -0.2) is 50.2 Å². The molecular formula is C14H23N3O3S. The number of likely N-dealkylation sites (N-methyl/N-ethyl adjacent to an activating group) is 2. The van der Waals surface area contributed by atoms with Gasteiger partial charge in [-0.3, -0.25) is 4.79 Å². The van der Waals surface area contributed by atoms with Crippen LogP contribution in [0.3, 0.4) is 0 Å². The summed E-state index contributed by atoms with van der Waals surface area (Å²) in [4.78, 5) is 13.8. The highest BCUT2D eigenvalue weighted by atomic mass is 32.2. The van der Waals surface area contributed by atoms with Gasteiger partial charge in [0.05, 0.1) is 11.4 Å². The zero-order valence-corrected chi connectivity index (χ0v) is 13.8. The molecule has 0 heterocycles. The molecule has 0 aliphatic rings. The number of anilines is 1. The zero-order valence-electron chi connectivity index (χ0n) is 13.0. The van der Waals surface area contributed by atoms with Crippen LogP contribution in [0.15, 0.2) is 23.1 Å². The summed E-state index contributed by atoms with van der Waals surface area (Å²) in [5.41, 5.74) is 6.93. The lowest BCUT2D eigenvalue weighted by atomic mass is 10.2. The fourth-order valence-electron chi connectivity index (χ4n) is 1.94. The van der Waals surface area contributed by atoms with Crippen LogP contribution in [0.4, 0.5) is 5.69 Å². The van der Waals surface area contributed by atoms with Gasteiger partial charge in [-0.2, -0.15) is 4.31 Å². The number of nitrogen functional groups attached to an aromatic ring is 1. The first-order valence-corrected chi connectivity index (χ1v) is 8.28. The molecule has 118 valence electrons. The van der Waals surface area contributed by atoms with Crippen molar-refractivity contribution >= 4 is 21.6 Å². The van der Waals surface area contributed by atoms with Crippen LogP contribution in [0.5, 0.6) is 0 Å². The number of sulfonamides is 1. The lowest BCUT2D eigenvalue weighted by molar-refractivity contribution is -0.130. The Bertz CT molecular complexity index is 610. The zero-order chi connectivity index (χ0) is 16.2. The molecule has 0 saturated heterocycles. The van der Waals surface area contributed by atoms with Crippen molar-refractivity contribution in [1.29, 1.82) is 0 Å². The van der Waals surface area contributed by atoms with E-state index in [9.17, 15) is 13.2 Å². The summed E-state index contributed by atoms with van der Waals surface area (Å²) in [6.07, 6.45) is 0. The van der Waals surface area contributed by atoms with E-state index in [1.54, 1.807) is 17.9 Å². The van der Waals surface area contributed by atoms with Gasteiger partial charge in [0, 0.05) is 25.8 Å². The molecule has 0 aliphatic heterocycles. The first-order valence-electron chi connectivity index (χ1n) is 6.84. The van der Waals surface area contributed by atoms with Crippen LogP contribution in [0.1, 0.15) is 19.4 Å². The third-order valence-electron chi connectivity index (χ3n) is 3.42. The van der Waals surface area contributed by atoms with Crippen molar-refractivity contribution < 1.29 is 13.2 Å². The topological polar surface area (TPSA) is 83.7 Å². The van der Waals surface area contributed by atoms with E-state index in [4.69, 9.17) is 5.73 Å². The van der Waals surface area contributed by atoms with Crippen molar-refractivity contribution in [3.63, 3.8) is 0 Å². The van der Waals surface area contributed by atoms with E-state index in [-0.39, 0.29) is 17.3 Å².